The molecule has 1 aromatic carbocycles. The van der Waals surface area contributed by atoms with Crippen LogP contribution in [0.25, 0.3) is 0 Å². The van der Waals surface area contributed by atoms with Gasteiger partial charge in [-0.15, -0.1) is 0 Å². The van der Waals surface area contributed by atoms with Crippen molar-refractivity contribution < 1.29 is 9.59 Å². The van der Waals surface area contributed by atoms with E-state index in [2.05, 4.69) is 15.6 Å². The van der Waals surface area contributed by atoms with E-state index in [1.807, 2.05) is 30.3 Å². The zero-order valence-electron chi connectivity index (χ0n) is 10.5. The van der Waals surface area contributed by atoms with Crippen LogP contribution in [0.4, 0.5) is 0 Å². The number of hydrogen-bond donors (Lipinski definition) is 2. The Morgan fingerprint density at radius 2 is 2.00 bits per heavy atom. The number of nitrogens with zero attached hydrogens (tertiary/aromatic N) is 1. The van der Waals surface area contributed by atoms with Crippen LogP contribution in [0.1, 0.15) is 12.5 Å². The molecule has 0 aliphatic rings. The molecule has 18 heavy (non-hydrogen) atoms. The molecule has 0 unspecified atom stereocenters. The Morgan fingerprint density at radius 3 is 2.56 bits per heavy atom. The summed E-state index contributed by atoms with van der Waals surface area (Å²) in [6, 6.07) is 9.07. The molecule has 0 aliphatic heterocycles. The summed E-state index contributed by atoms with van der Waals surface area (Å²) in [5.41, 5.74) is 1.02. The van der Waals surface area contributed by atoms with Gasteiger partial charge in [-0.2, -0.15) is 0 Å². The molecule has 0 bridgehead atoms. The Labute approximate surface area is 106 Å². The van der Waals surface area contributed by atoms with E-state index in [-0.39, 0.29) is 11.8 Å². The molecule has 2 N–H and O–H groups in total. The van der Waals surface area contributed by atoms with Gasteiger partial charge in [-0.1, -0.05) is 30.3 Å². The average molecular weight is 247 g/mol. The van der Waals surface area contributed by atoms with Gasteiger partial charge in [-0.25, -0.2) is 0 Å². The Kier molecular flexibility index (Phi) is 5.57. The van der Waals surface area contributed by atoms with Crippen molar-refractivity contribution >= 4 is 18.2 Å². The van der Waals surface area contributed by atoms with Crippen LogP contribution in [0.2, 0.25) is 0 Å². The molecule has 5 nitrogen and oxygen atoms in total. The molecule has 0 heterocycles. The van der Waals surface area contributed by atoms with Crippen molar-refractivity contribution in [3.8, 4) is 0 Å². The van der Waals surface area contributed by atoms with Gasteiger partial charge in [0.05, 0.1) is 6.34 Å². The van der Waals surface area contributed by atoms with Gasteiger partial charge in [0.25, 0.3) is 0 Å². The fourth-order valence-corrected chi connectivity index (χ4v) is 1.44. The van der Waals surface area contributed by atoms with Crippen molar-refractivity contribution in [2.24, 2.45) is 4.99 Å². The Morgan fingerprint density at radius 1 is 1.33 bits per heavy atom. The molecule has 2 amide bonds. The zero-order chi connectivity index (χ0) is 13.4. The normalized spacial score (nSPS) is 12.1. The minimum absolute atomic E-state index is 0.180. The van der Waals surface area contributed by atoms with Crippen molar-refractivity contribution in [3.63, 3.8) is 0 Å². The maximum atomic E-state index is 11.7. The maximum Gasteiger partial charge on any atom is 0.244 e. The molecule has 0 aromatic heterocycles. The molecule has 0 fully saturated rings. The van der Waals surface area contributed by atoms with Crippen LogP contribution < -0.4 is 10.6 Å². The SMILES string of the molecule is CNC(=O)[C@H](Cc1ccccc1)N=CNC(C)=O. The predicted molar refractivity (Wildman–Crippen MR) is 70.3 cm³/mol. The Hall–Kier alpha value is -2.17. The predicted octanol–water partition coefficient (Wildman–Crippen LogP) is 0.508. The van der Waals surface area contributed by atoms with Gasteiger partial charge >= 0.3 is 0 Å². The fourth-order valence-electron chi connectivity index (χ4n) is 1.44. The minimum atomic E-state index is -0.538. The molecule has 1 atom stereocenters. The van der Waals surface area contributed by atoms with Crippen LogP contribution >= 0.6 is 0 Å². The number of benzene rings is 1. The molecule has 0 aliphatic carbocycles. The number of rotatable bonds is 5. The first kappa shape index (κ1) is 13.9. The van der Waals surface area contributed by atoms with E-state index in [9.17, 15) is 9.59 Å². The zero-order valence-corrected chi connectivity index (χ0v) is 10.5. The molecule has 0 spiro atoms. The quantitative estimate of drug-likeness (QED) is 0.588. The van der Waals surface area contributed by atoms with Crippen LogP contribution in [0.15, 0.2) is 35.3 Å². The first-order valence-electron chi connectivity index (χ1n) is 5.67. The Balaban J connectivity index is 2.70. The van der Waals surface area contributed by atoms with Crippen molar-refractivity contribution in [2.45, 2.75) is 19.4 Å². The number of nitrogens with one attached hydrogen (secondary N) is 2. The molecule has 96 valence electrons. The highest BCUT2D eigenvalue weighted by atomic mass is 16.2. The summed E-state index contributed by atoms with van der Waals surface area (Å²) in [6.07, 6.45) is 1.77. The van der Waals surface area contributed by atoms with Gasteiger partial charge in [0, 0.05) is 20.4 Å². The van der Waals surface area contributed by atoms with E-state index in [0.29, 0.717) is 6.42 Å². The van der Waals surface area contributed by atoms with E-state index in [1.54, 1.807) is 7.05 Å². The van der Waals surface area contributed by atoms with Crippen molar-refractivity contribution in [2.75, 3.05) is 7.05 Å². The van der Waals surface area contributed by atoms with Crippen molar-refractivity contribution in [1.29, 1.82) is 0 Å². The summed E-state index contributed by atoms with van der Waals surface area (Å²) < 4.78 is 0. The third-order valence-corrected chi connectivity index (χ3v) is 2.34. The lowest BCUT2D eigenvalue weighted by atomic mass is 10.1. The van der Waals surface area contributed by atoms with Gasteiger partial charge < -0.3 is 10.6 Å². The summed E-state index contributed by atoms with van der Waals surface area (Å²) >= 11 is 0. The summed E-state index contributed by atoms with van der Waals surface area (Å²) in [7, 11) is 1.56. The lowest BCUT2D eigenvalue weighted by molar-refractivity contribution is -0.122. The van der Waals surface area contributed by atoms with E-state index in [1.165, 1.54) is 13.3 Å². The smallest absolute Gasteiger partial charge is 0.244 e. The highest BCUT2D eigenvalue weighted by Gasteiger charge is 2.15. The monoisotopic (exact) mass is 247 g/mol. The van der Waals surface area contributed by atoms with E-state index < -0.39 is 6.04 Å². The highest BCUT2D eigenvalue weighted by molar-refractivity contribution is 5.88. The van der Waals surface area contributed by atoms with Gasteiger partial charge in [0.15, 0.2) is 0 Å². The van der Waals surface area contributed by atoms with Crippen molar-refractivity contribution in [1.82, 2.24) is 10.6 Å². The van der Waals surface area contributed by atoms with Crippen LogP contribution in [-0.2, 0) is 16.0 Å². The number of aliphatic imine (C=N–C) groups is 1. The highest BCUT2D eigenvalue weighted by Crippen LogP contribution is 2.05. The second kappa shape index (κ2) is 7.21. The topological polar surface area (TPSA) is 70.6 Å². The van der Waals surface area contributed by atoms with Crippen LogP contribution in [0.3, 0.4) is 0 Å². The van der Waals surface area contributed by atoms with Gasteiger partial charge in [-0.05, 0) is 5.56 Å². The minimum Gasteiger partial charge on any atom is -0.357 e. The fraction of sp³-hybridized carbons (Fsp3) is 0.308. The lowest BCUT2D eigenvalue weighted by Gasteiger charge is -2.10. The van der Waals surface area contributed by atoms with Crippen LogP contribution in [-0.4, -0.2) is 31.2 Å². The van der Waals surface area contributed by atoms with Crippen LogP contribution in [0, 0.1) is 0 Å². The molecule has 0 radical (unpaired) electrons. The van der Waals surface area contributed by atoms with E-state index in [0.717, 1.165) is 5.56 Å². The third kappa shape index (κ3) is 4.78. The Bertz CT molecular complexity index is 429. The largest absolute Gasteiger partial charge is 0.357 e. The summed E-state index contributed by atoms with van der Waals surface area (Å²) in [6.45, 7) is 1.39. The third-order valence-electron chi connectivity index (χ3n) is 2.34. The molecular weight excluding hydrogens is 230 g/mol. The second-order valence-electron chi connectivity index (χ2n) is 3.80. The van der Waals surface area contributed by atoms with Crippen molar-refractivity contribution in [3.05, 3.63) is 35.9 Å². The number of amides is 2. The molecule has 1 rings (SSSR count). The lowest BCUT2D eigenvalue weighted by Crippen LogP contribution is -2.33. The van der Waals surface area contributed by atoms with Crippen LogP contribution in [0.5, 0.6) is 0 Å². The first-order valence-corrected chi connectivity index (χ1v) is 5.67. The summed E-state index contributed by atoms with van der Waals surface area (Å²) in [5, 5.41) is 4.99. The molecule has 5 heteroatoms. The van der Waals surface area contributed by atoms with Gasteiger partial charge in [-0.3, -0.25) is 14.6 Å². The van der Waals surface area contributed by atoms with Gasteiger partial charge in [0.1, 0.15) is 6.04 Å². The average Bonchev–Trinajstić information content (AvgIpc) is 2.37. The number of hydrogen-bond acceptors (Lipinski definition) is 3. The second-order valence-corrected chi connectivity index (χ2v) is 3.80. The molecule has 0 saturated carbocycles. The number of likely N-dealkylation sites (N-methyl/N-ethyl adjacent to an activating group) is 1. The first-order chi connectivity index (χ1) is 8.63. The molecular formula is C13H17N3O2. The maximum absolute atomic E-state index is 11.7. The molecule has 1 aromatic rings. The summed E-state index contributed by atoms with van der Waals surface area (Å²) in [5.74, 6) is -0.394. The standard InChI is InChI=1S/C13H17N3O2/c1-10(17)15-9-16-12(13(18)14-2)8-11-6-4-3-5-7-11/h3-7,9,12H,8H2,1-2H3,(H,14,18)(H,15,16,17)/t12-/m0/s1. The number of carbonyl (C=O) groups excluding carboxylic acids is 2. The van der Waals surface area contributed by atoms with Gasteiger partial charge in [0.2, 0.25) is 11.8 Å². The molecule has 0 saturated heterocycles. The van der Waals surface area contributed by atoms with E-state index >= 15 is 0 Å². The van der Waals surface area contributed by atoms with E-state index in [4.69, 9.17) is 0 Å². The number of carbonyl (C=O) groups is 2. The summed E-state index contributed by atoms with van der Waals surface area (Å²) in [4.78, 5) is 26.4.